The number of hydrogen-bond donors (Lipinski definition) is 0. The largest absolute Gasteiger partial charge is 0.343 e. The highest BCUT2D eigenvalue weighted by Crippen LogP contribution is 2.28. The summed E-state index contributed by atoms with van der Waals surface area (Å²) in [5, 5.41) is 0. The molecule has 2 aliphatic rings. The lowest BCUT2D eigenvalue weighted by atomic mass is 9.91. The Bertz CT molecular complexity index is 777. The molecule has 0 bridgehead atoms. The Labute approximate surface area is 163 Å². The Balaban J connectivity index is 1.62. The van der Waals surface area contributed by atoms with E-state index in [1.165, 1.54) is 19.3 Å². The number of carbonyl (C=O) groups excluding carboxylic acids is 1. The van der Waals surface area contributed by atoms with E-state index in [0.29, 0.717) is 36.9 Å². The second kappa shape index (κ2) is 8.31. The molecule has 1 aliphatic heterocycles. The summed E-state index contributed by atoms with van der Waals surface area (Å²) in [6, 6.07) is 5.66. The van der Waals surface area contributed by atoms with E-state index in [-0.39, 0.29) is 11.8 Å². The van der Waals surface area contributed by atoms with E-state index in [0.717, 1.165) is 24.0 Å². The Morgan fingerprint density at radius 3 is 2.22 bits per heavy atom. The molecule has 2 fully saturated rings. The van der Waals surface area contributed by atoms with Crippen LogP contribution in [-0.2, 0) is 14.8 Å². The van der Waals surface area contributed by atoms with Gasteiger partial charge in [0, 0.05) is 32.1 Å². The maximum Gasteiger partial charge on any atom is 0.243 e. The van der Waals surface area contributed by atoms with E-state index in [1.807, 2.05) is 31.9 Å². The van der Waals surface area contributed by atoms with Gasteiger partial charge < -0.3 is 4.90 Å². The summed E-state index contributed by atoms with van der Waals surface area (Å²) in [4.78, 5) is 15.2. The lowest BCUT2D eigenvalue weighted by Gasteiger charge is -2.36. The van der Waals surface area contributed by atoms with Crippen LogP contribution >= 0.6 is 0 Å². The maximum absolute atomic E-state index is 12.9. The minimum Gasteiger partial charge on any atom is -0.343 e. The average molecular weight is 393 g/mol. The second-order valence-electron chi connectivity index (χ2n) is 8.17. The molecule has 0 unspecified atom stereocenters. The van der Waals surface area contributed by atoms with Gasteiger partial charge in [0.15, 0.2) is 0 Å². The van der Waals surface area contributed by atoms with E-state index < -0.39 is 10.0 Å². The third-order valence-corrected chi connectivity index (χ3v) is 8.28. The number of benzene rings is 1. The van der Waals surface area contributed by atoms with Crippen molar-refractivity contribution in [2.45, 2.75) is 69.7 Å². The molecule has 150 valence electrons. The van der Waals surface area contributed by atoms with Gasteiger partial charge in [-0.2, -0.15) is 4.31 Å². The number of piperidine rings is 1. The lowest BCUT2D eigenvalue weighted by Crippen LogP contribution is -2.46. The van der Waals surface area contributed by atoms with Crippen molar-refractivity contribution in [1.82, 2.24) is 9.21 Å². The van der Waals surface area contributed by atoms with Crippen molar-refractivity contribution in [3.05, 3.63) is 29.3 Å². The van der Waals surface area contributed by atoms with Crippen LogP contribution in [0.1, 0.15) is 56.1 Å². The molecule has 1 saturated heterocycles. The fourth-order valence-electron chi connectivity index (χ4n) is 4.30. The molecule has 1 amide bonds. The predicted molar refractivity (Wildman–Crippen MR) is 107 cm³/mol. The molecule has 1 aromatic rings. The van der Waals surface area contributed by atoms with Crippen molar-refractivity contribution in [2.24, 2.45) is 5.92 Å². The molecule has 0 N–H and O–H groups in total. The Morgan fingerprint density at radius 2 is 1.63 bits per heavy atom. The molecule has 1 saturated carbocycles. The molecular weight excluding hydrogens is 360 g/mol. The number of aryl methyl sites for hydroxylation is 2. The fourth-order valence-corrected chi connectivity index (χ4v) is 5.86. The van der Waals surface area contributed by atoms with E-state index in [2.05, 4.69) is 0 Å². The highest BCUT2D eigenvalue weighted by atomic mass is 32.2. The van der Waals surface area contributed by atoms with Crippen LogP contribution < -0.4 is 0 Å². The maximum atomic E-state index is 12.9. The first-order chi connectivity index (χ1) is 12.8. The van der Waals surface area contributed by atoms with Gasteiger partial charge >= 0.3 is 0 Å². The lowest BCUT2D eigenvalue weighted by molar-refractivity contribution is -0.138. The number of rotatable bonds is 4. The van der Waals surface area contributed by atoms with Crippen LogP contribution in [0.2, 0.25) is 0 Å². The zero-order valence-electron chi connectivity index (χ0n) is 16.8. The first-order valence-corrected chi connectivity index (χ1v) is 11.6. The normalized spacial score (nSPS) is 20.6. The molecular formula is C21H32N2O3S. The van der Waals surface area contributed by atoms with Crippen LogP contribution in [-0.4, -0.2) is 49.7 Å². The van der Waals surface area contributed by atoms with Crippen molar-refractivity contribution < 1.29 is 13.2 Å². The third-order valence-electron chi connectivity index (χ3n) is 6.39. The van der Waals surface area contributed by atoms with Gasteiger partial charge in [0.1, 0.15) is 0 Å². The van der Waals surface area contributed by atoms with E-state index in [9.17, 15) is 13.2 Å². The SMILES string of the molecule is Cc1ccc(S(=O)(=O)N2CCC(C(=O)N(C)C3CCCCC3)CC2)cc1C. The molecule has 1 heterocycles. The van der Waals surface area contributed by atoms with Crippen molar-refractivity contribution in [3.63, 3.8) is 0 Å². The summed E-state index contributed by atoms with van der Waals surface area (Å²) in [5.74, 6) is 0.147. The average Bonchev–Trinajstić information content (AvgIpc) is 2.69. The smallest absolute Gasteiger partial charge is 0.243 e. The first-order valence-electron chi connectivity index (χ1n) is 10.1. The quantitative estimate of drug-likeness (QED) is 0.788. The molecule has 6 heteroatoms. The molecule has 3 rings (SSSR count). The molecule has 0 radical (unpaired) electrons. The fraction of sp³-hybridized carbons (Fsp3) is 0.667. The zero-order chi connectivity index (χ0) is 19.6. The number of carbonyl (C=O) groups is 1. The van der Waals surface area contributed by atoms with Gasteiger partial charge in [-0.25, -0.2) is 8.42 Å². The third kappa shape index (κ3) is 4.37. The van der Waals surface area contributed by atoms with Crippen molar-refractivity contribution in [1.29, 1.82) is 0 Å². The summed E-state index contributed by atoms with van der Waals surface area (Å²) < 4.78 is 27.4. The minimum absolute atomic E-state index is 0.0527. The Morgan fingerprint density at radius 1 is 1.00 bits per heavy atom. The summed E-state index contributed by atoms with van der Waals surface area (Å²) in [7, 11) is -1.56. The predicted octanol–water partition coefficient (Wildman–Crippen LogP) is 3.50. The van der Waals surface area contributed by atoms with Gasteiger partial charge in [-0.1, -0.05) is 25.3 Å². The monoisotopic (exact) mass is 392 g/mol. The van der Waals surface area contributed by atoms with Gasteiger partial charge in [-0.3, -0.25) is 4.79 Å². The highest BCUT2D eigenvalue weighted by Gasteiger charge is 2.34. The summed E-state index contributed by atoms with van der Waals surface area (Å²) in [6.45, 7) is 4.75. The van der Waals surface area contributed by atoms with Crippen LogP contribution in [0.5, 0.6) is 0 Å². The molecule has 1 aromatic carbocycles. The van der Waals surface area contributed by atoms with Crippen LogP contribution in [0, 0.1) is 19.8 Å². The number of sulfonamides is 1. The van der Waals surface area contributed by atoms with Crippen LogP contribution in [0.25, 0.3) is 0 Å². The molecule has 0 spiro atoms. The van der Waals surface area contributed by atoms with Crippen molar-refractivity contribution >= 4 is 15.9 Å². The first kappa shape index (κ1) is 20.3. The highest BCUT2D eigenvalue weighted by molar-refractivity contribution is 7.89. The van der Waals surface area contributed by atoms with Crippen LogP contribution in [0.15, 0.2) is 23.1 Å². The molecule has 5 nitrogen and oxygen atoms in total. The summed E-state index contributed by atoms with van der Waals surface area (Å²) in [5.41, 5.74) is 2.07. The number of nitrogens with zero attached hydrogens (tertiary/aromatic N) is 2. The topological polar surface area (TPSA) is 57.7 Å². The van der Waals surface area contributed by atoms with E-state index >= 15 is 0 Å². The summed E-state index contributed by atoms with van der Waals surface area (Å²) in [6.07, 6.45) is 7.10. The van der Waals surface area contributed by atoms with E-state index in [1.54, 1.807) is 16.4 Å². The molecule has 0 aromatic heterocycles. The summed E-state index contributed by atoms with van der Waals surface area (Å²) >= 11 is 0. The van der Waals surface area contributed by atoms with Gasteiger partial charge in [0.25, 0.3) is 0 Å². The van der Waals surface area contributed by atoms with Crippen molar-refractivity contribution in [3.8, 4) is 0 Å². The molecule has 27 heavy (non-hydrogen) atoms. The van der Waals surface area contributed by atoms with Gasteiger partial charge in [-0.15, -0.1) is 0 Å². The van der Waals surface area contributed by atoms with Crippen LogP contribution in [0.3, 0.4) is 0 Å². The zero-order valence-corrected chi connectivity index (χ0v) is 17.6. The Kier molecular flexibility index (Phi) is 6.26. The van der Waals surface area contributed by atoms with Gasteiger partial charge in [0.05, 0.1) is 4.90 Å². The van der Waals surface area contributed by atoms with Gasteiger partial charge in [-0.05, 0) is 62.8 Å². The Hall–Kier alpha value is -1.40. The second-order valence-corrected chi connectivity index (χ2v) is 10.1. The number of amides is 1. The standard InChI is InChI=1S/C21H32N2O3S/c1-16-9-10-20(15-17(16)2)27(25,26)23-13-11-18(12-14-23)21(24)22(3)19-7-5-4-6-8-19/h9-10,15,18-19H,4-8,11-14H2,1-3H3. The molecule has 0 atom stereocenters. The van der Waals surface area contributed by atoms with Gasteiger partial charge in [0.2, 0.25) is 15.9 Å². The minimum atomic E-state index is -3.48. The van der Waals surface area contributed by atoms with Crippen LogP contribution in [0.4, 0.5) is 0 Å². The van der Waals surface area contributed by atoms with Crippen molar-refractivity contribution in [2.75, 3.05) is 20.1 Å². The number of hydrogen-bond acceptors (Lipinski definition) is 3. The van der Waals surface area contributed by atoms with E-state index in [4.69, 9.17) is 0 Å². The molecule has 1 aliphatic carbocycles.